The highest BCUT2D eigenvalue weighted by Gasteiger charge is 2.42. The fourth-order valence-corrected chi connectivity index (χ4v) is 5.54. The van der Waals surface area contributed by atoms with E-state index in [1.54, 1.807) is 6.07 Å². The molecule has 0 fully saturated rings. The van der Waals surface area contributed by atoms with Crippen molar-refractivity contribution < 1.29 is 21.7 Å². The Morgan fingerprint density at radius 2 is 1.58 bits per heavy atom. The third-order valence-corrected chi connectivity index (χ3v) is 7.16. The number of halogens is 4. The van der Waals surface area contributed by atoms with Gasteiger partial charge in [-0.3, -0.25) is 0 Å². The highest BCUT2D eigenvalue weighted by atomic mass is 32.2. The molecule has 0 amide bonds. The Morgan fingerprint density at radius 1 is 1.03 bits per heavy atom. The van der Waals surface area contributed by atoms with Gasteiger partial charge in [0.15, 0.2) is 0 Å². The van der Waals surface area contributed by atoms with Crippen LogP contribution in [0.4, 0.5) is 23.0 Å². The maximum Gasteiger partial charge on any atom is 0.673 e. The molecular weight excluding hydrogens is 429 g/mol. The normalized spacial score (nSPS) is 19.1. The van der Waals surface area contributed by atoms with Crippen LogP contribution in [0.25, 0.3) is 11.0 Å². The molecule has 1 aromatic carbocycles. The van der Waals surface area contributed by atoms with E-state index in [2.05, 4.69) is 51.2 Å². The Morgan fingerprint density at radius 3 is 2.13 bits per heavy atom. The first-order valence-corrected chi connectivity index (χ1v) is 12.6. The summed E-state index contributed by atoms with van der Waals surface area (Å²) in [6.45, 7) is 11.5. The van der Waals surface area contributed by atoms with E-state index in [0.717, 1.165) is 41.8 Å². The van der Waals surface area contributed by atoms with E-state index in [0.29, 0.717) is 0 Å². The van der Waals surface area contributed by atoms with Gasteiger partial charge in [-0.25, -0.2) is 4.79 Å². The second-order valence-corrected chi connectivity index (χ2v) is 12.3. The summed E-state index contributed by atoms with van der Waals surface area (Å²) < 4.78 is 44.9. The molecule has 2 aliphatic heterocycles. The van der Waals surface area contributed by atoms with Crippen LogP contribution >= 0.6 is 0 Å². The fraction of sp³-hybridized carbons (Fsp3) is 0.591. The lowest BCUT2D eigenvalue weighted by Crippen LogP contribution is -2.44. The van der Waals surface area contributed by atoms with Gasteiger partial charge in [-0.2, -0.15) is 0 Å². The summed E-state index contributed by atoms with van der Waals surface area (Å²) in [5.74, 6) is 0.935. The van der Waals surface area contributed by atoms with Crippen LogP contribution in [-0.4, -0.2) is 32.9 Å². The summed E-state index contributed by atoms with van der Waals surface area (Å²) in [5, 5.41) is 1.16. The van der Waals surface area contributed by atoms with Crippen molar-refractivity contribution >= 4 is 34.8 Å². The smallest absolute Gasteiger partial charge is 0.422 e. The van der Waals surface area contributed by atoms with Gasteiger partial charge in [-0.15, -0.1) is 0 Å². The van der Waals surface area contributed by atoms with E-state index < -0.39 is 7.25 Å². The zero-order valence-electron chi connectivity index (χ0n) is 19.0. The first-order valence-electron chi connectivity index (χ1n) is 10.4. The van der Waals surface area contributed by atoms with Crippen LogP contribution in [-0.2, 0) is 27.5 Å². The molecule has 0 bridgehead atoms. The Kier molecular flexibility index (Phi) is 6.24. The molecule has 0 N–H and O–H groups in total. The van der Waals surface area contributed by atoms with Crippen LogP contribution in [0.1, 0.15) is 57.2 Å². The Labute approximate surface area is 183 Å². The maximum atomic E-state index is 12.4. The second-order valence-electron chi connectivity index (χ2n) is 9.99. The predicted octanol–water partition coefficient (Wildman–Crippen LogP) is 5.64. The number of nitrogens with zero attached hydrogens (tertiary/aromatic N) is 1. The number of benzene rings is 1. The van der Waals surface area contributed by atoms with Crippen molar-refractivity contribution in [3.63, 3.8) is 0 Å². The quantitative estimate of drug-likeness (QED) is 0.252. The summed E-state index contributed by atoms with van der Waals surface area (Å²) in [4.78, 5) is 14.9. The number of rotatable bonds is 2. The van der Waals surface area contributed by atoms with Gasteiger partial charge < -0.3 is 26.6 Å². The van der Waals surface area contributed by atoms with Gasteiger partial charge in [0.2, 0.25) is 0 Å². The van der Waals surface area contributed by atoms with Crippen LogP contribution in [0.2, 0.25) is 0 Å². The maximum absolute atomic E-state index is 12.4. The molecule has 0 spiro atoms. The van der Waals surface area contributed by atoms with Crippen molar-refractivity contribution in [2.24, 2.45) is 0 Å². The molecule has 2 aromatic rings. The van der Waals surface area contributed by atoms with Crippen LogP contribution in [0, 0.1) is 0 Å². The van der Waals surface area contributed by atoms with Crippen molar-refractivity contribution in [2.75, 3.05) is 30.5 Å². The van der Waals surface area contributed by atoms with Crippen LogP contribution in [0.3, 0.4) is 0 Å². The first kappa shape index (κ1) is 24.0. The van der Waals surface area contributed by atoms with Crippen molar-refractivity contribution in [3.8, 4) is 0 Å². The van der Waals surface area contributed by atoms with Gasteiger partial charge in [0, 0.05) is 41.4 Å². The molecule has 0 unspecified atom stereocenters. The SMILES string of the molecule is C[S+](C)Cc1cc(=O)oc2c3c4c(cc12)C(C)(C)CCN4CCC3(C)C.F[B-](F)(F)F. The van der Waals surface area contributed by atoms with E-state index in [9.17, 15) is 22.1 Å². The molecule has 0 saturated carbocycles. The highest BCUT2D eigenvalue weighted by Crippen LogP contribution is 2.51. The molecule has 2 aliphatic rings. The molecule has 4 rings (SSSR count). The third kappa shape index (κ3) is 5.07. The predicted molar refractivity (Wildman–Crippen MR) is 123 cm³/mol. The Hall–Kier alpha value is -1.64. The fourth-order valence-electron chi connectivity index (χ4n) is 4.68. The lowest BCUT2D eigenvalue weighted by Gasteiger charge is -2.48. The van der Waals surface area contributed by atoms with Gasteiger partial charge in [0.25, 0.3) is 0 Å². The molecule has 1 aromatic heterocycles. The summed E-state index contributed by atoms with van der Waals surface area (Å²) in [5.41, 5.74) is 5.98. The van der Waals surface area contributed by atoms with Gasteiger partial charge in [0.1, 0.15) is 11.3 Å². The van der Waals surface area contributed by atoms with E-state index in [4.69, 9.17) is 4.42 Å². The average Bonchev–Trinajstić information content (AvgIpc) is 2.57. The van der Waals surface area contributed by atoms with E-state index in [-0.39, 0.29) is 27.4 Å². The van der Waals surface area contributed by atoms with Crippen molar-refractivity contribution in [3.05, 3.63) is 39.2 Å². The lowest BCUT2D eigenvalue weighted by molar-refractivity contribution is 0.368. The highest BCUT2D eigenvalue weighted by molar-refractivity contribution is 7.94. The zero-order valence-corrected chi connectivity index (χ0v) is 19.8. The van der Waals surface area contributed by atoms with Crippen molar-refractivity contribution in [2.45, 2.75) is 57.1 Å². The number of anilines is 1. The minimum atomic E-state index is -6.00. The molecule has 31 heavy (non-hydrogen) atoms. The van der Waals surface area contributed by atoms with E-state index in [1.165, 1.54) is 23.2 Å². The largest absolute Gasteiger partial charge is 0.673 e. The van der Waals surface area contributed by atoms with Gasteiger partial charge in [-0.05, 0) is 46.2 Å². The van der Waals surface area contributed by atoms with Crippen LogP contribution in [0.15, 0.2) is 21.3 Å². The van der Waals surface area contributed by atoms with Crippen molar-refractivity contribution in [1.82, 2.24) is 0 Å². The summed E-state index contributed by atoms with van der Waals surface area (Å²) in [6, 6.07) is 4.06. The van der Waals surface area contributed by atoms with Crippen LogP contribution in [0.5, 0.6) is 0 Å². The van der Waals surface area contributed by atoms with E-state index >= 15 is 0 Å². The molecule has 3 heterocycles. The number of hydrogen-bond acceptors (Lipinski definition) is 3. The van der Waals surface area contributed by atoms with Crippen LogP contribution < -0.4 is 10.5 Å². The van der Waals surface area contributed by atoms with Gasteiger partial charge in [-0.1, -0.05) is 27.7 Å². The molecular formula is C22H30BF4NO2S. The standard InChI is InChI=1S/C22H30NO2S.BF4/c1-21(2)7-9-23-10-8-22(3,4)18-19(23)16(21)12-15-14(13-26(5)6)11-17(24)25-20(15)18;2-1(3,4)5/h11-12H,7-10,13H2,1-6H3;/q+1;-1. The summed E-state index contributed by atoms with van der Waals surface area (Å²) in [7, 11) is -5.76. The molecule has 3 nitrogen and oxygen atoms in total. The second kappa shape index (κ2) is 8.05. The number of hydrogen-bond donors (Lipinski definition) is 0. The summed E-state index contributed by atoms with van der Waals surface area (Å²) >= 11 is 0. The third-order valence-electron chi connectivity index (χ3n) is 6.27. The van der Waals surface area contributed by atoms with Gasteiger partial charge >= 0.3 is 12.9 Å². The lowest BCUT2D eigenvalue weighted by atomic mass is 9.69. The monoisotopic (exact) mass is 459 g/mol. The van der Waals surface area contributed by atoms with E-state index in [1.807, 2.05) is 0 Å². The first-order chi connectivity index (χ1) is 14.1. The molecule has 0 radical (unpaired) electrons. The van der Waals surface area contributed by atoms with Crippen molar-refractivity contribution in [1.29, 1.82) is 0 Å². The molecule has 0 atom stereocenters. The number of fused-ring (bicyclic) bond motifs is 2. The minimum Gasteiger partial charge on any atom is -0.422 e. The average molecular weight is 459 g/mol. The molecule has 172 valence electrons. The topological polar surface area (TPSA) is 33.5 Å². The zero-order chi connectivity index (χ0) is 23.4. The molecule has 0 saturated heterocycles. The molecule has 0 aliphatic carbocycles. The van der Waals surface area contributed by atoms with Gasteiger partial charge in [0.05, 0.1) is 12.5 Å². The Balaban J connectivity index is 0.000000491. The molecule has 9 heteroatoms. The Bertz CT molecular complexity index is 1040. The summed E-state index contributed by atoms with van der Waals surface area (Å²) in [6.07, 6.45) is 6.74. The minimum absolute atomic E-state index is 0.0161.